The molecule has 2 aromatic heterocycles. The summed E-state index contributed by atoms with van der Waals surface area (Å²) in [5.41, 5.74) is 12.4. The maximum Gasteiger partial charge on any atom is 0.295 e. The zero-order valence-corrected chi connectivity index (χ0v) is 18.4. The SMILES string of the molecule is Cc1cc(C)c(-c2c3n(C)c4c5c(cccc5c5ccccc5[n+]24)C(C)C3)c(C)c1. The van der Waals surface area contributed by atoms with Gasteiger partial charge in [0.25, 0.3) is 5.65 Å². The van der Waals surface area contributed by atoms with Gasteiger partial charge in [0.2, 0.25) is 0 Å². The largest absolute Gasteiger partial charge is 0.295 e. The van der Waals surface area contributed by atoms with Crippen LogP contribution in [0.25, 0.3) is 38.6 Å². The fourth-order valence-electron chi connectivity index (χ4n) is 5.98. The zero-order chi connectivity index (χ0) is 20.7. The first kappa shape index (κ1) is 17.7. The van der Waals surface area contributed by atoms with Gasteiger partial charge in [-0.3, -0.25) is 0 Å². The highest BCUT2D eigenvalue weighted by molar-refractivity contribution is 6.11. The lowest BCUT2D eigenvalue weighted by atomic mass is 9.88. The molecule has 1 unspecified atom stereocenters. The number of hydrogen-bond acceptors (Lipinski definition) is 0. The first-order valence-corrected chi connectivity index (χ1v) is 10.9. The number of imidazole rings is 1. The molecule has 0 saturated heterocycles. The number of rotatable bonds is 1. The molecule has 1 aliphatic heterocycles. The third-order valence-electron chi connectivity index (χ3n) is 7.13. The van der Waals surface area contributed by atoms with Crippen molar-refractivity contribution in [2.24, 2.45) is 7.05 Å². The minimum Gasteiger partial charge on any atom is -0.229 e. The molecular weight excluding hydrogens is 364 g/mol. The van der Waals surface area contributed by atoms with Crippen molar-refractivity contribution in [3.63, 3.8) is 0 Å². The molecular formula is C28H27N2+. The van der Waals surface area contributed by atoms with Crippen LogP contribution in [0.15, 0.2) is 54.6 Å². The van der Waals surface area contributed by atoms with E-state index in [2.05, 4.69) is 98.3 Å². The zero-order valence-electron chi connectivity index (χ0n) is 18.4. The van der Waals surface area contributed by atoms with Gasteiger partial charge in [-0.2, -0.15) is 4.40 Å². The highest BCUT2D eigenvalue weighted by atomic mass is 15.1. The number of aromatic nitrogens is 2. The Morgan fingerprint density at radius 2 is 1.60 bits per heavy atom. The van der Waals surface area contributed by atoms with Crippen molar-refractivity contribution >= 4 is 27.3 Å². The van der Waals surface area contributed by atoms with Gasteiger partial charge in [-0.1, -0.05) is 61.0 Å². The Labute approximate surface area is 177 Å². The van der Waals surface area contributed by atoms with Gasteiger partial charge < -0.3 is 0 Å². The van der Waals surface area contributed by atoms with Crippen molar-refractivity contribution in [3.05, 3.63) is 82.5 Å². The third-order valence-corrected chi connectivity index (χ3v) is 7.13. The number of hydrogen-bond donors (Lipinski definition) is 0. The van der Waals surface area contributed by atoms with E-state index in [0.717, 1.165) is 6.42 Å². The molecule has 2 heteroatoms. The van der Waals surface area contributed by atoms with E-state index in [1.54, 1.807) is 0 Å². The Hall–Kier alpha value is -3.13. The van der Waals surface area contributed by atoms with Gasteiger partial charge in [0, 0.05) is 22.8 Å². The Bertz CT molecular complexity index is 1490. The van der Waals surface area contributed by atoms with Gasteiger partial charge in [0.1, 0.15) is 5.52 Å². The van der Waals surface area contributed by atoms with Gasteiger partial charge >= 0.3 is 0 Å². The quantitative estimate of drug-likeness (QED) is 0.233. The Balaban J connectivity index is 1.97. The highest BCUT2D eigenvalue weighted by Gasteiger charge is 2.35. The second-order valence-corrected chi connectivity index (χ2v) is 9.18. The van der Waals surface area contributed by atoms with Crippen molar-refractivity contribution in [2.75, 3.05) is 0 Å². The highest BCUT2D eigenvalue weighted by Crippen LogP contribution is 2.41. The molecule has 2 nitrogen and oxygen atoms in total. The Morgan fingerprint density at radius 1 is 0.900 bits per heavy atom. The van der Waals surface area contributed by atoms with E-state index >= 15 is 0 Å². The molecule has 0 amide bonds. The van der Waals surface area contributed by atoms with Crippen LogP contribution in [0.4, 0.5) is 0 Å². The lowest BCUT2D eigenvalue weighted by Gasteiger charge is -2.17. The number of pyridine rings is 1. The second-order valence-electron chi connectivity index (χ2n) is 9.18. The van der Waals surface area contributed by atoms with E-state index in [4.69, 9.17) is 0 Å². The molecule has 148 valence electrons. The number of benzene rings is 3. The van der Waals surface area contributed by atoms with Crippen molar-refractivity contribution in [1.29, 1.82) is 0 Å². The van der Waals surface area contributed by atoms with Crippen LogP contribution >= 0.6 is 0 Å². The number of fused-ring (bicyclic) bond motifs is 4. The van der Waals surface area contributed by atoms with Crippen molar-refractivity contribution < 1.29 is 4.40 Å². The molecule has 3 aromatic carbocycles. The molecule has 1 aliphatic rings. The summed E-state index contributed by atoms with van der Waals surface area (Å²) in [5, 5.41) is 4.12. The van der Waals surface area contributed by atoms with Gasteiger partial charge in [0.05, 0.1) is 12.4 Å². The maximum atomic E-state index is 2.55. The van der Waals surface area contributed by atoms with Crippen molar-refractivity contribution in [2.45, 2.75) is 40.0 Å². The molecule has 0 N–H and O–H groups in total. The topological polar surface area (TPSA) is 9.03 Å². The fraction of sp³-hybridized carbons (Fsp3) is 0.250. The van der Waals surface area contributed by atoms with Crippen LogP contribution in [0.3, 0.4) is 0 Å². The summed E-state index contributed by atoms with van der Waals surface area (Å²) in [5.74, 6) is 0.489. The van der Waals surface area contributed by atoms with E-state index in [1.807, 2.05) is 0 Å². The molecule has 0 fully saturated rings. The lowest BCUT2D eigenvalue weighted by molar-refractivity contribution is -0.467. The number of para-hydroxylation sites is 1. The average molecular weight is 392 g/mol. The Kier molecular flexibility index (Phi) is 3.51. The van der Waals surface area contributed by atoms with Gasteiger partial charge in [-0.15, -0.1) is 0 Å². The molecule has 0 radical (unpaired) electrons. The first-order valence-electron chi connectivity index (χ1n) is 10.9. The van der Waals surface area contributed by atoms with Crippen LogP contribution in [-0.4, -0.2) is 4.57 Å². The maximum absolute atomic E-state index is 2.55. The van der Waals surface area contributed by atoms with Gasteiger partial charge in [-0.05, 0) is 49.4 Å². The third kappa shape index (κ3) is 2.11. The average Bonchev–Trinajstić information content (AvgIpc) is 2.93. The van der Waals surface area contributed by atoms with E-state index in [-0.39, 0.29) is 0 Å². The molecule has 5 aromatic rings. The van der Waals surface area contributed by atoms with Crippen molar-refractivity contribution in [3.8, 4) is 11.3 Å². The molecule has 0 spiro atoms. The minimum atomic E-state index is 0.489. The molecule has 6 rings (SSSR count). The standard InChI is InChI=1S/C28H27N2/c1-16-13-18(3)25(19(4)14-16)27-24-15-17(2)20-10-8-11-22-21-9-6-7-12-23(21)30(27)28(26(20)22)29(24)5/h6-14,17H,15H2,1-5H3/q+1. The van der Waals surface area contributed by atoms with E-state index in [0.29, 0.717) is 5.92 Å². The smallest absolute Gasteiger partial charge is 0.229 e. The van der Waals surface area contributed by atoms with Crippen LogP contribution in [0.5, 0.6) is 0 Å². The molecule has 0 saturated carbocycles. The van der Waals surface area contributed by atoms with Gasteiger partial charge in [-0.25, -0.2) is 4.57 Å². The van der Waals surface area contributed by atoms with E-state index in [9.17, 15) is 0 Å². The van der Waals surface area contributed by atoms with Crippen LogP contribution in [0.2, 0.25) is 0 Å². The first-order chi connectivity index (χ1) is 14.5. The minimum absolute atomic E-state index is 0.489. The van der Waals surface area contributed by atoms with Crippen LogP contribution in [0, 0.1) is 20.8 Å². The normalized spacial score (nSPS) is 15.7. The summed E-state index contributed by atoms with van der Waals surface area (Å²) >= 11 is 0. The van der Waals surface area contributed by atoms with Gasteiger partial charge in [0.15, 0.2) is 11.4 Å². The van der Waals surface area contributed by atoms with Crippen LogP contribution < -0.4 is 4.40 Å². The molecule has 1 atom stereocenters. The number of nitrogens with zero attached hydrogens (tertiary/aromatic N) is 2. The molecule has 2 bridgehead atoms. The predicted molar refractivity (Wildman–Crippen MR) is 125 cm³/mol. The molecule has 0 aliphatic carbocycles. The van der Waals surface area contributed by atoms with E-state index < -0.39 is 0 Å². The lowest BCUT2D eigenvalue weighted by Crippen LogP contribution is -2.26. The Morgan fingerprint density at radius 3 is 2.37 bits per heavy atom. The summed E-state index contributed by atoms with van der Waals surface area (Å²) in [4.78, 5) is 0. The second kappa shape index (κ2) is 5.95. The molecule has 30 heavy (non-hydrogen) atoms. The van der Waals surface area contributed by atoms with Crippen LogP contribution in [0.1, 0.15) is 40.8 Å². The van der Waals surface area contributed by atoms with Crippen LogP contribution in [-0.2, 0) is 13.5 Å². The summed E-state index contributed by atoms with van der Waals surface area (Å²) in [6, 6.07) is 20.4. The summed E-state index contributed by atoms with van der Waals surface area (Å²) < 4.78 is 5.02. The van der Waals surface area contributed by atoms with Crippen molar-refractivity contribution in [1.82, 2.24) is 4.57 Å². The summed E-state index contributed by atoms with van der Waals surface area (Å²) in [7, 11) is 2.26. The summed E-state index contributed by atoms with van der Waals surface area (Å²) in [6.45, 7) is 9.11. The molecule has 3 heterocycles. The predicted octanol–water partition coefficient (Wildman–Crippen LogP) is 6.32. The number of aryl methyl sites for hydroxylation is 4. The summed E-state index contributed by atoms with van der Waals surface area (Å²) in [6.07, 6.45) is 1.05. The van der Waals surface area contributed by atoms with E-state index in [1.165, 1.54) is 66.5 Å². The monoisotopic (exact) mass is 391 g/mol. The fourth-order valence-corrected chi connectivity index (χ4v) is 5.98.